The lowest BCUT2D eigenvalue weighted by Crippen LogP contribution is -2.08. The normalized spacial score (nSPS) is 10.1. The fraction of sp³-hybridized carbons (Fsp3) is 0.182. The molecule has 1 aromatic heterocycles. The Morgan fingerprint density at radius 3 is 2.94 bits per heavy atom. The zero-order valence-electron chi connectivity index (χ0n) is 9.61. The lowest BCUT2D eigenvalue weighted by Gasteiger charge is -2.06. The minimum atomic E-state index is -0.541. The molecule has 2 rings (SSSR count). The number of esters is 1. The number of carbonyl (C=O) groups excluding carboxylic acids is 1. The van der Waals surface area contributed by atoms with E-state index in [9.17, 15) is 4.79 Å². The third kappa shape index (κ3) is 2.60. The second-order valence-electron chi connectivity index (χ2n) is 3.35. The second kappa shape index (κ2) is 5.50. The number of ether oxygens (including phenoxy) is 1. The highest BCUT2D eigenvalue weighted by Crippen LogP contribution is 2.24. The van der Waals surface area contributed by atoms with E-state index in [0.717, 1.165) is 0 Å². The first-order valence-corrected chi connectivity index (χ1v) is 5.69. The van der Waals surface area contributed by atoms with Crippen LogP contribution in [-0.2, 0) is 4.74 Å². The van der Waals surface area contributed by atoms with E-state index in [1.807, 2.05) is 12.1 Å². The number of halogens is 1. The van der Waals surface area contributed by atoms with Gasteiger partial charge in [-0.25, -0.2) is 4.79 Å². The fourth-order valence-electron chi connectivity index (χ4n) is 1.35. The molecule has 0 aliphatic rings. The van der Waals surface area contributed by atoms with Crippen molar-refractivity contribution in [2.45, 2.75) is 6.92 Å². The van der Waals surface area contributed by atoms with E-state index >= 15 is 0 Å². The van der Waals surface area contributed by atoms with Crippen LogP contribution in [0.15, 0.2) is 24.3 Å². The van der Waals surface area contributed by atoms with Crippen molar-refractivity contribution in [1.29, 1.82) is 0 Å². The monoisotopic (exact) mass is 266 g/mol. The molecular weight excluding hydrogens is 256 g/mol. The molecule has 0 atom stereocenters. The lowest BCUT2D eigenvalue weighted by molar-refractivity contribution is 0.0520. The summed E-state index contributed by atoms with van der Waals surface area (Å²) in [5.41, 5.74) is 0.732. The van der Waals surface area contributed by atoms with Crippen molar-refractivity contribution >= 4 is 29.1 Å². The molecule has 0 saturated carbocycles. The SMILES string of the molecule is CCOC(=O)c1n[nH]nc1Nc1ccccc1Cl. The Morgan fingerprint density at radius 2 is 2.22 bits per heavy atom. The molecule has 0 unspecified atom stereocenters. The van der Waals surface area contributed by atoms with Crippen LogP contribution in [0.4, 0.5) is 11.5 Å². The summed E-state index contributed by atoms with van der Waals surface area (Å²) in [5, 5.41) is 13.4. The molecule has 0 bridgehead atoms. The molecule has 0 fully saturated rings. The van der Waals surface area contributed by atoms with Crippen LogP contribution < -0.4 is 5.32 Å². The number of aromatic amines is 1. The number of carbonyl (C=O) groups is 1. The molecule has 1 aromatic carbocycles. The number of anilines is 2. The molecule has 7 heteroatoms. The Bertz CT molecular complexity index is 555. The van der Waals surface area contributed by atoms with Gasteiger partial charge in [0.2, 0.25) is 5.69 Å². The molecule has 18 heavy (non-hydrogen) atoms. The van der Waals surface area contributed by atoms with Crippen LogP contribution in [0.1, 0.15) is 17.4 Å². The molecule has 2 N–H and O–H groups in total. The molecular formula is C11H11ClN4O2. The second-order valence-corrected chi connectivity index (χ2v) is 3.75. The number of nitrogens with one attached hydrogen (secondary N) is 2. The van der Waals surface area contributed by atoms with Gasteiger partial charge < -0.3 is 10.1 Å². The molecule has 94 valence electrons. The summed E-state index contributed by atoms with van der Waals surface area (Å²) in [6.45, 7) is 2.00. The largest absolute Gasteiger partial charge is 0.461 e. The minimum absolute atomic E-state index is 0.0942. The molecule has 0 amide bonds. The number of aromatic nitrogens is 3. The Balaban J connectivity index is 2.23. The van der Waals surface area contributed by atoms with Gasteiger partial charge in [-0.3, -0.25) is 0 Å². The zero-order valence-corrected chi connectivity index (χ0v) is 10.4. The first kappa shape index (κ1) is 12.4. The predicted octanol–water partition coefficient (Wildman–Crippen LogP) is 2.38. The van der Waals surface area contributed by atoms with Gasteiger partial charge in [-0.1, -0.05) is 23.7 Å². The van der Waals surface area contributed by atoms with E-state index in [4.69, 9.17) is 16.3 Å². The van der Waals surface area contributed by atoms with Gasteiger partial charge in [-0.05, 0) is 19.1 Å². The third-order valence-corrected chi connectivity index (χ3v) is 2.47. The van der Waals surface area contributed by atoms with Crippen LogP contribution in [0.25, 0.3) is 0 Å². The maximum absolute atomic E-state index is 11.6. The van der Waals surface area contributed by atoms with Crippen molar-refractivity contribution in [3.8, 4) is 0 Å². The van der Waals surface area contributed by atoms with Crippen molar-refractivity contribution in [1.82, 2.24) is 15.4 Å². The smallest absolute Gasteiger partial charge is 0.362 e. The van der Waals surface area contributed by atoms with Gasteiger partial charge in [0.05, 0.1) is 17.3 Å². The average molecular weight is 267 g/mol. The number of nitrogens with zero attached hydrogens (tertiary/aromatic N) is 2. The number of rotatable bonds is 4. The van der Waals surface area contributed by atoms with E-state index in [-0.39, 0.29) is 18.1 Å². The molecule has 1 heterocycles. The van der Waals surface area contributed by atoms with Gasteiger partial charge in [-0.2, -0.15) is 5.21 Å². The summed E-state index contributed by atoms with van der Waals surface area (Å²) < 4.78 is 4.86. The minimum Gasteiger partial charge on any atom is -0.461 e. The van der Waals surface area contributed by atoms with E-state index in [0.29, 0.717) is 10.7 Å². The summed E-state index contributed by atoms with van der Waals surface area (Å²) in [6.07, 6.45) is 0. The summed E-state index contributed by atoms with van der Waals surface area (Å²) in [6, 6.07) is 7.13. The van der Waals surface area contributed by atoms with Crippen molar-refractivity contribution in [3.63, 3.8) is 0 Å². The fourth-order valence-corrected chi connectivity index (χ4v) is 1.53. The predicted molar refractivity (Wildman–Crippen MR) is 67.1 cm³/mol. The Kier molecular flexibility index (Phi) is 3.78. The van der Waals surface area contributed by atoms with Gasteiger partial charge in [0.15, 0.2) is 5.82 Å². The van der Waals surface area contributed by atoms with Crippen LogP contribution in [0.3, 0.4) is 0 Å². The standard InChI is InChI=1S/C11H11ClN4O2/c1-2-18-11(17)9-10(15-16-14-9)13-8-6-4-3-5-7(8)12/h3-6H,2H2,1H3,(H2,13,14,15,16). The topological polar surface area (TPSA) is 79.9 Å². The first-order chi connectivity index (χ1) is 8.72. The van der Waals surface area contributed by atoms with Crippen LogP contribution in [0.2, 0.25) is 5.02 Å². The molecule has 0 saturated heterocycles. The molecule has 0 radical (unpaired) electrons. The van der Waals surface area contributed by atoms with Crippen LogP contribution in [-0.4, -0.2) is 28.0 Å². The number of benzene rings is 1. The lowest BCUT2D eigenvalue weighted by atomic mass is 10.3. The Labute approximate surface area is 108 Å². The molecule has 2 aromatic rings. The van der Waals surface area contributed by atoms with Gasteiger partial charge in [0.25, 0.3) is 0 Å². The Hall–Kier alpha value is -2.08. The zero-order chi connectivity index (χ0) is 13.0. The van der Waals surface area contributed by atoms with Crippen LogP contribution >= 0.6 is 11.6 Å². The number of hydrogen-bond donors (Lipinski definition) is 2. The van der Waals surface area contributed by atoms with E-state index in [2.05, 4.69) is 20.7 Å². The molecule has 0 spiro atoms. The van der Waals surface area contributed by atoms with Crippen LogP contribution in [0.5, 0.6) is 0 Å². The highest BCUT2D eigenvalue weighted by Gasteiger charge is 2.18. The van der Waals surface area contributed by atoms with Gasteiger partial charge in [0.1, 0.15) is 0 Å². The van der Waals surface area contributed by atoms with Crippen LogP contribution in [0, 0.1) is 0 Å². The number of para-hydroxylation sites is 1. The van der Waals surface area contributed by atoms with E-state index < -0.39 is 5.97 Å². The highest BCUT2D eigenvalue weighted by atomic mass is 35.5. The Morgan fingerprint density at radius 1 is 1.44 bits per heavy atom. The summed E-state index contributed by atoms with van der Waals surface area (Å²) >= 11 is 6.00. The average Bonchev–Trinajstić information content (AvgIpc) is 2.81. The molecule has 6 nitrogen and oxygen atoms in total. The van der Waals surface area contributed by atoms with Crippen molar-refractivity contribution in [2.24, 2.45) is 0 Å². The first-order valence-electron chi connectivity index (χ1n) is 5.31. The third-order valence-electron chi connectivity index (χ3n) is 2.14. The summed E-state index contributed by atoms with van der Waals surface area (Å²) in [5.74, 6) is -0.262. The van der Waals surface area contributed by atoms with E-state index in [1.165, 1.54) is 0 Å². The van der Waals surface area contributed by atoms with Gasteiger partial charge in [0, 0.05) is 0 Å². The highest BCUT2D eigenvalue weighted by molar-refractivity contribution is 6.33. The summed E-state index contributed by atoms with van der Waals surface area (Å²) in [7, 11) is 0. The molecule has 0 aliphatic heterocycles. The quantitative estimate of drug-likeness (QED) is 0.831. The number of H-pyrrole nitrogens is 1. The summed E-state index contributed by atoms with van der Waals surface area (Å²) in [4.78, 5) is 11.6. The van der Waals surface area contributed by atoms with Gasteiger partial charge >= 0.3 is 5.97 Å². The maximum Gasteiger partial charge on any atom is 0.362 e. The van der Waals surface area contributed by atoms with E-state index in [1.54, 1.807) is 19.1 Å². The van der Waals surface area contributed by atoms with Crippen molar-refractivity contribution < 1.29 is 9.53 Å². The van der Waals surface area contributed by atoms with Gasteiger partial charge in [-0.15, -0.1) is 10.2 Å². The van der Waals surface area contributed by atoms with Crippen molar-refractivity contribution in [3.05, 3.63) is 35.0 Å². The number of hydrogen-bond acceptors (Lipinski definition) is 5. The van der Waals surface area contributed by atoms with Crippen molar-refractivity contribution in [2.75, 3.05) is 11.9 Å². The maximum atomic E-state index is 11.6. The molecule has 0 aliphatic carbocycles.